The molecular formula is C24H18FN7. The zero-order valence-corrected chi connectivity index (χ0v) is 17.4. The number of H-pyrrole nitrogens is 2. The number of aromatic nitrogens is 7. The normalized spacial score (nSPS) is 11.6. The number of imidazole rings is 1. The number of aryl methyl sites for hydroxylation is 1. The van der Waals surface area contributed by atoms with Crippen LogP contribution < -0.4 is 0 Å². The van der Waals surface area contributed by atoms with Crippen molar-refractivity contribution in [2.45, 2.75) is 6.92 Å². The number of nitrogens with one attached hydrogen (secondary N) is 2. The molecule has 0 aliphatic rings. The monoisotopic (exact) mass is 423 g/mol. The van der Waals surface area contributed by atoms with Crippen molar-refractivity contribution >= 4 is 21.8 Å². The maximum Gasteiger partial charge on any atom is 0.123 e. The summed E-state index contributed by atoms with van der Waals surface area (Å²) >= 11 is 0. The molecule has 7 nitrogen and oxygen atoms in total. The minimum atomic E-state index is -0.291. The van der Waals surface area contributed by atoms with Gasteiger partial charge in [0, 0.05) is 35.1 Å². The summed E-state index contributed by atoms with van der Waals surface area (Å²) in [6.45, 7) is 1.96. The summed E-state index contributed by atoms with van der Waals surface area (Å²) in [6, 6.07) is 12.4. The zero-order chi connectivity index (χ0) is 21.8. The van der Waals surface area contributed by atoms with E-state index in [1.54, 1.807) is 18.5 Å². The minimum Gasteiger partial charge on any atom is -0.353 e. The first-order valence-corrected chi connectivity index (χ1v) is 10.2. The summed E-state index contributed by atoms with van der Waals surface area (Å²) in [4.78, 5) is 16.9. The van der Waals surface area contributed by atoms with Gasteiger partial charge in [0.2, 0.25) is 0 Å². The predicted octanol–water partition coefficient (Wildman–Crippen LogP) is 5.02. The van der Waals surface area contributed by atoms with Crippen LogP contribution in [0.4, 0.5) is 4.39 Å². The fraction of sp³-hybridized carbons (Fsp3) is 0.0833. The quantitative estimate of drug-likeness (QED) is 0.419. The summed E-state index contributed by atoms with van der Waals surface area (Å²) in [5.74, 6) is 0.628. The van der Waals surface area contributed by atoms with Gasteiger partial charge in [-0.05, 0) is 37.3 Å². The van der Waals surface area contributed by atoms with Crippen LogP contribution in [0.1, 0.15) is 5.82 Å². The van der Waals surface area contributed by atoms with Crippen LogP contribution in [0.25, 0.3) is 55.8 Å². The summed E-state index contributed by atoms with van der Waals surface area (Å²) in [7, 11) is 1.97. The summed E-state index contributed by atoms with van der Waals surface area (Å²) in [6.07, 6.45) is 5.33. The standard InChI is InChI=1S/C24H18FN7/c1-13-27-12-22(32(13)2)19-9-17-21(11-28-19)30-31-24(17)20-10-16-18(29-20)6-7-26-23(16)14-4-3-5-15(25)8-14/h3-12,29H,1-2H3,(H,30,31). The summed E-state index contributed by atoms with van der Waals surface area (Å²) in [5.41, 5.74) is 6.57. The topological polar surface area (TPSA) is 88.1 Å². The van der Waals surface area contributed by atoms with Gasteiger partial charge in [-0.3, -0.25) is 15.1 Å². The van der Waals surface area contributed by atoms with E-state index in [0.29, 0.717) is 0 Å². The maximum absolute atomic E-state index is 13.8. The number of hydrogen-bond donors (Lipinski definition) is 2. The molecule has 2 N–H and O–H groups in total. The van der Waals surface area contributed by atoms with E-state index < -0.39 is 0 Å². The Bertz CT molecular complexity index is 1620. The molecule has 6 aromatic rings. The largest absolute Gasteiger partial charge is 0.353 e. The molecule has 0 aliphatic carbocycles. The van der Waals surface area contributed by atoms with E-state index in [4.69, 9.17) is 0 Å². The molecule has 32 heavy (non-hydrogen) atoms. The average molecular weight is 423 g/mol. The van der Waals surface area contributed by atoms with Crippen molar-refractivity contribution < 1.29 is 4.39 Å². The molecule has 5 aromatic heterocycles. The van der Waals surface area contributed by atoms with Crippen LogP contribution in [0.3, 0.4) is 0 Å². The molecule has 5 heterocycles. The molecule has 0 saturated heterocycles. The maximum atomic E-state index is 13.8. The van der Waals surface area contributed by atoms with E-state index in [0.717, 1.165) is 61.7 Å². The smallest absolute Gasteiger partial charge is 0.123 e. The third kappa shape index (κ3) is 2.80. The Hall–Kier alpha value is -4.33. The van der Waals surface area contributed by atoms with E-state index in [2.05, 4.69) is 30.1 Å². The van der Waals surface area contributed by atoms with Crippen molar-refractivity contribution in [1.29, 1.82) is 0 Å². The molecule has 0 atom stereocenters. The Kier molecular flexibility index (Phi) is 3.94. The number of pyridine rings is 2. The fourth-order valence-electron chi connectivity index (χ4n) is 4.05. The molecule has 0 spiro atoms. The van der Waals surface area contributed by atoms with Gasteiger partial charge >= 0.3 is 0 Å². The first-order valence-electron chi connectivity index (χ1n) is 10.2. The van der Waals surface area contributed by atoms with Gasteiger partial charge in [-0.2, -0.15) is 5.10 Å². The van der Waals surface area contributed by atoms with Gasteiger partial charge < -0.3 is 9.55 Å². The van der Waals surface area contributed by atoms with E-state index in [1.165, 1.54) is 12.1 Å². The van der Waals surface area contributed by atoms with Gasteiger partial charge in [0.1, 0.15) is 17.3 Å². The van der Waals surface area contributed by atoms with E-state index in [9.17, 15) is 4.39 Å². The Morgan fingerprint density at radius 2 is 1.78 bits per heavy atom. The lowest BCUT2D eigenvalue weighted by Gasteiger charge is -2.03. The van der Waals surface area contributed by atoms with Gasteiger partial charge in [0.05, 0.1) is 40.7 Å². The van der Waals surface area contributed by atoms with Gasteiger partial charge in [0.25, 0.3) is 0 Å². The summed E-state index contributed by atoms with van der Waals surface area (Å²) < 4.78 is 15.8. The van der Waals surface area contributed by atoms with Crippen LogP contribution in [0.5, 0.6) is 0 Å². The minimum absolute atomic E-state index is 0.291. The lowest BCUT2D eigenvalue weighted by molar-refractivity contribution is 0.628. The van der Waals surface area contributed by atoms with E-state index >= 15 is 0 Å². The number of hydrogen-bond acceptors (Lipinski definition) is 4. The third-order valence-corrected chi connectivity index (χ3v) is 5.83. The molecule has 0 bridgehead atoms. The number of aromatic amines is 2. The molecule has 0 unspecified atom stereocenters. The Balaban J connectivity index is 1.52. The first-order chi connectivity index (χ1) is 15.6. The van der Waals surface area contributed by atoms with Crippen molar-refractivity contribution in [3.8, 4) is 34.0 Å². The molecule has 0 amide bonds. The van der Waals surface area contributed by atoms with Crippen molar-refractivity contribution in [3.05, 3.63) is 72.7 Å². The molecule has 0 aliphatic heterocycles. The molecule has 0 saturated carbocycles. The van der Waals surface area contributed by atoms with Crippen molar-refractivity contribution in [1.82, 2.24) is 34.7 Å². The molecule has 0 fully saturated rings. The second-order valence-electron chi connectivity index (χ2n) is 7.75. The van der Waals surface area contributed by atoms with Gasteiger partial charge in [-0.25, -0.2) is 9.37 Å². The van der Waals surface area contributed by atoms with Gasteiger partial charge in [0.15, 0.2) is 0 Å². The van der Waals surface area contributed by atoms with Crippen LogP contribution in [0, 0.1) is 12.7 Å². The summed E-state index contributed by atoms with van der Waals surface area (Å²) in [5, 5.41) is 9.45. The highest BCUT2D eigenvalue weighted by Crippen LogP contribution is 2.34. The Morgan fingerprint density at radius 3 is 2.59 bits per heavy atom. The van der Waals surface area contributed by atoms with Crippen LogP contribution in [0.15, 0.2) is 61.1 Å². The first kappa shape index (κ1) is 18.4. The number of nitrogens with zero attached hydrogens (tertiary/aromatic N) is 5. The van der Waals surface area contributed by atoms with Crippen LogP contribution >= 0.6 is 0 Å². The van der Waals surface area contributed by atoms with Crippen molar-refractivity contribution in [3.63, 3.8) is 0 Å². The van der Waals surface area contributed by atoms with Crippen molar-refractivity contribution in [2.24, 2.45) is 7.05 Å². The number of fused-ring (bicyclic) bond motifs is 2. The highest BCUT2D eigenvalue weighted by Gasteiger charge is 2.16. The molecule has 0 radical (unpaired) electrons. The fourth-order valence-corrected chi connectivity index (χ4v) is 4.05. The average Bonchev–Trinajstić information content (AvgIpc) is 3.50. The Morgan fingerprint density at radius 1 is 0.906 bits per heavy atom. The Labute approximate surface area is 182 Å². The molecule has 1 aromatic carbocycles. The molecule has 156 valence electrons. The predicted molar refractivity (Wildman–Crippen MR) is 121 cm³/mol. The number of halogens is 1. The molecule has 6 rings (SSSR count). The SMILES string of the molecule is Cc1ncc(-c2cc3c(-c4cc5c(-c6cccc(F)c6)nccc5[nH]4)n[nH]c3cn2)n1C. The van der Waals surface area contributed by atoms with Gasteiger partial charge in [-0.15, -0.1) is 0 Å². The van der Waals surface area contributed by atoms with Gasteiger partial charge in [-0.1, -0.05) is 12.1 Å². The van der Waals surface area contributed by atoms with E-state index in [-0.39, 0.29) is 5.82 Å². The van der Waals surface area contributed by atoms with Crippen LogP contribution in [-0.4, -0.2) is 34.7 Å². The zero-order valence-electron chi connectivity index (χ0n) is 17.4. The van der Waals surface area contributed by atoms with E-state index in [1.807, 2.05) is 49.0 Å². The highest BCUT2D eigenvalue weighted by atomic mass is 19.1. The highest BCUT2D eigenvalue weighted by molar-refractivity contribution is 6.00. The lowest BCUT2D eigenvalue weighted by Crippen LogP contribution is -1.95. The second kappa shape index (κ2) is 6.84. The van der Waals surface area contributed by atoms with Crippen LogP contribution in [-0.2, 0) is 7.05 Å². The van der Waals surface area contributed by atoms with Crippen molar-refractivity contribution in [2.75, 3.05) is 0 Å². The number of rotatable bonds is 3. The van der Waals surface area contributed by atoms with Crippen LogP contribution in [0.2, 0.25) is 0 Å². The molecule has 8 heteroatoms. The lowest BCUT2D eigenvalue weighted by atomic mass is 10.1. The number of benzene rings is 1. The third-order valence-electron chi connectivity index (χ3n) is 5.83. The molecular weight excluding hydrogens is 405 g/mol. The second-order valence-corrected chi connectivity index (χ2v) is 7.75.